The molecule has 0 aromatic heterocycles. The monoisotopic (exact) mass is 229 g/mol. The second-order valence-electron chi connectivity index (χ2n) is 4.14. The summed E-state index contributed by atoms with van der Waals surface area (Å²) < 4.78 is 0. The first-order chi connectivity index (χ1) is 7.56. The van der Waals surface area contributed by atoms with Gasteiger partial charge >= 0.3 is 0 Å². The Hall–Kier alpha value is -0.900. The quantitative estimate of drug-likeness (QED) is 0.587. The van der Waals surface area contributed by atoms with Gasteiger partial charge in [-0.15, -0.1) is 0 Å². The first kappa shape index (κ1) is 15.1. The van der Waals surface area contributed by atoms with E-state index < -0.39 is 6.10 Å². The summed E-state index contributed by atoms with van der Waals surface area (Å²) in [5.74, 6) is -0.108. The summed E-state index contributed by atoms with van der Waals surface area (Å²) in [4.78, 5) is 22.0. The summed E-state index contributed by atoms with van der Waals surface area (Å²) in [5, 5.41) is 11.9. The van der Waals surface area contributed by atoms with Crippen LogP contribution in [0.2, 0.25) is 0 Å². The van der Waals surface area contributed by atoms with E-state index >= 15 is 0 Å². The number of aliphatic hydroxyl groups excluding tert-OH is 1. The van der Waals surface area contributed by atoms with Crippen molar-refractivity contribution in [1.29, 1.82) is 0 Å². The van der Waals surface area contributed by atoms with E-state index in [-0.39, 0.29) is 24.7 Å². The minimum atomic E-state index is -0.748. The van der Waals surface area contributed by atoms with E-state index in [1.807, 2.05) is 0 Å². The van der Waals surface area contributed by atoms with E-state index in [4.69, 9.17) is 0 Å². The van der Waals surface area contributed by atoms with Crippen LogP contribution in [0.15, 0.2) is 0 Å². The normalized spacial score (nSPS) is 12.2. The van der Waals surface area contributed by atoms with Crippen molar-refractivity contribution < 1.29 is 14.7 Å². The summed E-state index contributed by atoms with van der Waals surface area (Å²) in [6.45, 7) is 3.67. The maximum atomic E-state index is 11.4. The summed E-state index contributed by atoms with van der Waals surface area (Å²) in [6, 6.07) is 0. The molecule has 0 rings (SSSR count). The Morgan fingerprint density at radius 2 is 1.94 bits per heavy atom. The summed E-state index contributed by atoms with van der Waals surface area (Å²) >= 11 is 0. The van der Waals surface area contributed by atoms with Crippen molar-refractivity contribution >= 4 is 11.7 Å². The van der Waals surface area contributed by atoms with Gasteiger partial charge in [-0.3, -0.25) is 9.59 Å². The number of hydrogen-bond acceptors (Lipinski definition) is 3. The number of aliphatic hydroxyl groups is 1. The number of Topliss-reactive ketones (excluding diaryl/α,β-unsaturated/α-hetero) is 1. The van der Waals surface area contributed by atoms with Crippen molar-refractivity contribution in [3.8, 4) is 0 Å². The van der Waals surface area contributed by atoms with Crippen molar-refractivity contribution in [2.24, 2.45) is 0 Å². The van der Waals surface area contributed by atoms with Gasteiger partial charge in [-0.25, -0.2) is 0 Å². The highest BCUT2D eigenvalue weighted by Gasteiger charge is 2.10. The van der Waals surface area contributed by atoms with Crippen molar-refractivity contribution in [3.05, 3.63) is 0 Å². The third kappa shape index (κ3) is 9.65. The van der Waals surface area contributed by atoms with E-state index in [0.717, 1.165) is 25.7 Å². The van der Waals surface area contributed by atoms with Crippen LogP contribution in [-0.4, -0.2) is 29.4 Å². The highest BCUT2D eigenvalue weighted by Crippen LogP contribution is 2.05. The van der Waals surface area contributed by atoms with Gasteiger partial charge in [-0.05, 0) is 6.42 Å². The maximum absolute atomic E-state index is 11.4. The van der Waals surface area contributed by atoms with Crippen LogP contribution in [0.1, 0.15) is 52.4 Å². The van der Waals surface area contributed by atoms with Crippen LogP contribution in [0, 0.1) is 0 Å². The molecule has 4 nitrogen and oxygen atoms in total. The molecule has 0 aliphatic heterocycles. The molecule has 16 heavy (non-hydrogen) atoms. The summed E-state index contributed by atoms with van der Waals surface area (Å²) in [6.07, 6.45) is 4.22. The molecular weight excluding hydrogens is 206 g/mol. The molecule has 0 bridgehead atoms. The van der Waals surface area contributed by atoms with Gasteiger partial charge in [0.2, 0.25) is 5.91 Å². The zero-order valence-electron chi connectivity index (χ0n) is 10.3. The first-order valence-corrected chi connectivity index (χ1v) is 6.00. The van der Waals surface area contributed by atoms with E-state index in [1.54, 1.807) is 0 Å². The summed E-state index contributed by atoms with van der Waals surface area (Å²) in [5.41, 5.74) is 0. The largest absolute Gasteiger partial charge is 0.391 e. The van der Waals surface area contributed by atoms with E-state index in [1.165, 1.54) is 6.92 Å². The van der Waals surface area contributed by atoms with Gasteiger partial charge in [-0.2, -0.15) is 0 Å². The predicted molar refractivity (Wildman–Crippen MR) is 63.1 cm³/mol. The molecule has 0 saturated heterocycles. The van der Waals surface area contributed by atoms with E-state index in [0.29, 0.717) is 6.42 Å². The second kappa shape index (κ2) is 9.33. The average Bonchev–Trinajstić information content (AvgIpc) is 2.21. The van der Waals surface area contributed by atoms with Gasteiger partial charge in [0.15, 0.2) is 0 Å². The molecule has 1 unspecified atom stereocenters. The Bertz CT molecular complexity index is 216. The van der Waals surface area contributed by atoms with Crippen LogP contribution >= 0.6 is 0 Å². The average molecular weight is 229 g/mol. The molecule has 0 saturated carbocycles. The molecule has 1 amide bonds. The third-order valence-electron chi connectivity index (χ3n) is 2.36. The molecular formula is C12H23NO3. The zero-order valence-corrected chi connectivity index (χ0v) is 10.3. The number of ketones is 1. The van der Waals surface area contributed by atoms with E-state index in [2.05, 4.69) is 12.2 Å². The molecule has 0 aliphatic rings. The third-order valence-corrected chi connectivity index (χ3v) is 2.36. The van der Waals surface area contributed by atoms with Crippen molar-refractivity contribution in [3.63, 3.8) is 0 Å². The number of amides is 1. The second-order valence-corrected chi connectivity index (χ2v) is 4.14. The van der Waals surface area contributed by atoms with Crippen LogP contribution in [0.25, 0.3) is 0 Å². The Kier molecular flexibility index (Phi) is 8.81. The lowest BCUT2D eigenvalue weighted by Crippen LogP contribution is -2.31. The van der Waals surface area contributed by atoms with Crippen molar-refractivity contribution in [2.45, 2.75) is 58.5 Å². The molecule has 4 heteroatoms. The topological polar surface area (TPSA) is 66.4 Å². The van der Waals surface area contributed by atoms with Gasteiger partial charge in [0.05, 0.1) is 6.10 Å². The van der Waals surface area contributed by atoms with Gasteiger partial charge in [0, 0.05) is 26.3 Å². The lowest BCUT2D eigenvalue weighted by molar-refractivity contribution is -0.123. The minimum absolute atomic E-state index is 0.0777. The van der Waals surface area contributed by atoms with Crippen LogP contribution < -0.4 is 5.32 Å². The number of unbranched alkanes of at least 4 members (excludes halogenated alkanes) is 3. The molecule has 0 aliphatic carbocycles. The van der Waals surface area contributed by atoms with Gasteiger partial charge in [0.1, 0.15) is 5.78 Å². The molecule has 0 radical (unpaired) electrons. The molecule has 2 N–H and O–H groups in total. The fraction of sp³-hybridized carbons (Fsp3) is 0.833. The standard InChI is InChI=1S/C12H23NO3/c1-3-4-5-6-7-11(15)8-12(16)9-13-10(2)14/h12,16H,3-9H2,1-2H3,(H,13,14). The number of carbonyl (C=O) groups excluding carboxylic acids is 2. The minimum Gasteiger partial charge on any atom is -0.391 e. The van der Waals surface area contributed by atoms with Crippen molar-refractivity contribution in [2.75, 3.05) is 6.54 Å². The van der Waals surface area contributed by atoms with Crippen LogP contribution in [0.5, 0.6) is 0 Å². The Morgan fingerprint density at radius 1 is 1.25 bits per heavy atom. The zero-order chi connectivity index (χ0) is 12.4. The number of nitrogens with one attached hydrogen (secondary N) is 1. The highest BCUT2D eigenvalue weighted by atomic mass is 16.3. The smallest absolute Gasteiger partial charge is 0.216 e. The fourth-order valence-electron chi connectivity index (χ4n) is 1.45. The Labute approximate surface area is 97.4 Å². The van der Waals surface area contributed by atoms with E-state index in [9.17, 15) is 14.7 Å². The summed E-state index contributed by atoms with van der Waals surface area (Å²) in [7, 11) is 0. The molecule has 0 aromatic rings. The number of rotatable bonds is 9. The number of carbonyl (C=O) groups is 2. The highest BCUT2D eigenvalue weighted by molar-refractivity contribution is 5.79. The molecule has 0 spiro atoms. The lowest BCUT2D eigenvalue weighted by atomic mass is 10.1. The molecule has 94 valence electrons. The maximum Gasteiger partial charge on any atom is 0.216 e. The molecule has 0 heterocycles. The van der Waals surface area contributed by atoms with Crippen LogP contribution in [0.3, 0.4) is 0 Å². The predicted octanol–water partition coefficient (Wildman–Crippen LogP) is 1.41. The Balaban J connectivity index is 3.50. The van der Waals surface area contributed by atoms with Gasteiger partial charge < -0.3 is 10.4 Å². The van der Waals surface area contributed by atoms with Gasteiger partial charge in [0.25, 0.3) is 0 Å². The lowest BCUT2D eigenvalue weighted by Gasteiger charge is -2.09. The van der Waals surface area contributed by atoms with Crippen LogP contribution in [-0.2, 0) is 9.59 Å². The SMILES string of the molecule is CCCCCCC(=O)CC(O)CNC(C)=O. The van der Waals surface area contributed by atoms with Gasteiger partial charge in [-0.1, -0.05) is 26.2 Å². The fourth-order valence-corrected chi connectivity index (χ4v) is 1.45. The molecule has 1 atom stereocenters. The Morgan fingerprint density at radius 3 is 2.50 bits per heavy atom. The molecule has 0 aromatic carbocycles. The number of hydrogen-bond donors (Lipinski definition) is 2. The molecule has 0 fully saturated rings. The first-order valence-electron chi connectivity index (χ1n) is 6.00. The van der Waals surface area contributed by atoms with Crippen LogP contribution in [0.4, 0.5) is 0 Å². The van der Waals surface area contributed by atoms with Crippen molar-refractivity contribution in [1.82, 2.24) is 5.32 Å².